The molecule has 1 aliphatic rings. The number of benzene rings is 1. The van der Waals surface area contributed by atoms with E-state index in [9.17, 15) is 0 Å². The van der Waals surface area contributed by atoms with Crippen LogP contribution in [0.3, 0.4) is 0 Å². The summed E-state index contributed by atoms with van der Waals surface area (Å²) in [7, 11) is 1.70. The van der Waals surface area contributed by atoms with Crippen molar-refractivity contribution in [3.05, 3.63) is 35.9 Å². The van der Waals surface area contributed by atoms with Gasteiger partial charge >= 0.3 is 0 Å². The summed E-state index contributed by atoms with van der Waals surface area (Å²) in [6.45, 7) is 2.14. The van der Waals surface area contributed by atoms with Crippen molar-refractivity contribution < 1.29 is 9.47 Å². The van der Waals surface area contributed by atoms with E-state index in [1.54, 1.807) is 7.11 Å². The predicted octanol–water partition coefficient (Wildman–Crippen LogP) is 4.23. The zero-order valence-corrected chi connectivity index (χ0v) is 13.0. The lowest BCUT2D eigenvalue weighted by Gasteiger charge is -2.33. The molecule has 20 heavy (non-hydrogen) atoms. The molecule has 0 aliphatic heterocycles. The molecule has 0 heterocycles. The second-order valence-electron chi connectivity index (χ2n) is 5.59. The van der Waals surface area contributed by atoms with E-state index in [-0.39, 0.29) is 0 Å². The number of rotatable bonds is 7. The van der Waals surface area contributed by atoms with Gasteiger partial charge in [-0.3, -0.25) is 0 Å². The maximum Gasteiger partial charge on any atom is 0.0700 e. The molecule has 0 saturated heterocycles. The Balaban J connectivity index is 1.79. The molecule has 2 rings (SSSR count). The van der Waals surface area contributed by atoms with E-state index >= 15 is 0 Å². The summed E-state index contributed by atoms with van der Waals surface area (Å²) in [6.07, 6.45) is 4.57. The van der Waals surface area contributed by atoms with Gasteiger partial charge in [-0.25, -0.2) is 0 Å². The Hall–Kier alpha value is -0.570. The number of halogens is 1. The van der Waals surface area contributed by atoms with E-state index in [2.05, 4.69) is 30.3 Å². The van der Waals surface area contributed by atoms with E-state index in [1.807, 2.05) is 0 Å². The first kappa shape index (κ1) is 15.8. The third-order valence-corrected chi connectivity index (χ3v) is 4.80. The van der Waals surface area contributed by atoms with E-state index < -0.39 is 0 Å². The molecule has 3 heteroatoms. The zero-order valence-electron chi connectivity index (χ0n) is 12.3. The van der Waals surface area contributed by atoms with Crippen LogP contribution in [0.25, 0.3) is 0 Å². The van der Waals surface area contributed by atoms with Crippen LogP contribution in [0.1, 0.15) is 37.2 Å². The maximum absolute atomic E-state index is 6.50. The van der Waals surface area contributed by atoms with Crippen molar-refractivity contribution in [3.8, 4) is 0 Å². The lowest BCUT2D eigenvalue weighted by molar-refractivity contribution is 0.0608. The molecule has 0 radical (unpaired) electrons. The molecule has 0 spiro atoms. The van der Waals surface area contributed by atoms with Crippen LogP contribution in [0.15, 0.2) is 30.3 Å². The first-order valence-electron chi connectivity index (χ1n) is 7.57. The van der Waals surface area contributed by atoms with Crippen LogP contribution >= 0.6 is 11.6 Å². The van der Waals surface area contributed by atoms with Gasteiger partial charge in [0.1, 0.15) is 0 Å². The molecule has 2 nitrogen and oxygen atoms in total. The first-order chi connectivity index (χ1) is 9.81. The minimum atomic E-state index is 0.306. The fourth-order valence-electron chi connectivity index (χ4n) is 3.03. The molecule has 0 N–H and O–H groups in total. The lowest BCUT2D eigenvalue weighted by atomic mass is 9.76. The number of hydrogen-bond donors (Lipinski definition) is 0. The van der Waals surface area contributed by atoms with Gasteiger partial charge in [0, 0.05) is 19.1 Å². The van der Waals surface area contributed by atoms with Crippen LogP contribution in [-0.4, -0.2) is 32.3 Å². The quantitative estimate of drug-likeness (QED) is 0.554. The van der Waals surface area contributed by atoms with E-state index in [4.69, 9.17) is 21.1 Å². The Morgan fingerprint density at radius 1 is 1.10 bits per heavy atom. The molecule has 0 amide bonds. The van der Waals surface area contributed by atoms with E-state index in [1.165, 1.54) is 18.4 Å². The van der Waals surface area contributed by atoms with Crippen LogP contribution in [0, 0.1) is 5.92 Å². The Morgan fingerprint density at radius 2 is 1.90 bits per heavy atom. The van der Waals surface area contributed by atoms with Gasteiger partial charge in [0.15, 0.2) is 0 Å². The average molecular weight is 297 g/mol. The number of alkyl halides is 1. The summed E-state index contributed by atoms with van der Waals surface area (Å²) in [5.74, 6) is 1.23. The molecular weight excluding hydrogens is 272 g/mol. The third-order valence-electron chi connectivity index (χ3n) is 4.23. The minimum Gasteiger partial charge on any atom is -0.382 e. The maximum atomic E-state index is 6.50. The highest BCUT2D eigenvalue weighted by atomic mass is 35.5. The van der Waals surface area contributed by atoms with Gasteiger partial charge in [-0.05, 0) is 43.1 Å². The summed E-state index contributed by atoms with van der Waals surface area (Å²) in [5, 5.41) is 0.306. The highest BCUT2D eigenvalue weighted by Crippen LogP contribution is 2.39. The molecule has 1 fully saturated rings. The summed E-state index contributed by atoms with van der Waals surface area (Å²) in [4.78, 5) is 0. The smallest absolute Gasteiger partial charge is 0.0700 e. The summed E-state index contributed by atoms with van der Waals surface area (Å²) in [6, 6.07) is 10.8. The van der Waals surface area contributed by atoms with Crippen molar-refractivity contribution in [2.24, 2.45) is 5.92 Å². The first-order valence-corrected chi connectivity index (χ1v) is 8.00. The molecule has 1 aromatic carbocycles. The van der Waals surface area contributed by atoms with Gasteiger partial charge in [0.25, 0.3) is 0 Å². The summed E-state index contributed by atoms with van der Waals surface area (Å²) in [5.41, 5.74) is 1.46. The van der Waals surface area contributed by atoms with Gasteiger partial charge in [-0.2, -0.15) is 0 Å². The molecule has 3 atom stereocenters. The van der Waals surface area contributed by atoms with Gasteiger partial charge in [-0.1, -0.05) is 30.3 Å². The molecule has 1 aliphatic carbocycles. The number of hydrogen-bond acceptors (Lipinski definition) is 2. The fraction of sp³-hybridized carbons (Fsp3) is 0.647. The second-order valence-corrected chi connectivity index (χ2v) is 6.15. The molecular formula is C17H25ClO2. The molecule has 1 aromatic rings. The molecule has 0 bridgehead atoms. The van der Waals surface area contributed by atoms with Crippen molar-refractivity contribution in [2.45, 2.75) is 37.0 Å². The Kier molecular flexibility index (Phi) is 6.85. The average Bonchev–Trinajstić information content (AvgIpc) is 2.49. The zero-order chi connectivity index (χ0) is 14.2. The minimum absolute atomic E-state index is 0.306. The third kappa shape index (κ3) is 4.76. The van der Waals surface area contributed by atoms with Gasteiger partial charge < -0.3 is 9.47 Å². The highest BCUT2D eigenvalue weighted by Gasteiger charge is 2.29. The van der Waals surface area contributed by atoms with Crippen molar-refractivity contribution in [1.82, 2.24) is 0 Å². The number of ether oxygens (including phenoxy) is 2. The summed E-state index contributed by atoms with van der Waals surface area (Å²) < 4.78 is 10.6. The Labute approximate surface area is 127 Å². The lowest BCUT2D eigenvalue weighted by Crippen LogP contribution is -2.26. The largest absolute Gasteiger partial charge is 0.382 e. The molecule has 1 saturated carbocycles. The van der Waals surface area contributed by atoms with E-state index in [0.29, 0.717) is 30.4 Å². The fourth-order valence-corrected chi connectivity index (χ4v) is 3.39. The van der Waals surface area contributed by atoms with Crippen LogP contribution in [0.4, 0.5) is 0 Å². The molecule has 0 aromatic heterocycles. The van der Waals surface area contributed by atoms with Crippen LogP contribution < -0.4 is 0 Å². The van der Waals surface area contributed by atoms with Gasteiger partial charge in [0.2, 0.25) is 0 Å². The normalized spacial score (nSPS) is 26.6. The van der Waals surface area contributed by atoms with Crippen LogP contribution in [0.5, 0.6) is 0 Å². The van der Waals surface area contributed by atoms with Crippen molar-refractivity contribution in [1.29, 1.82) is 0 Å². The molecule has 112 valence electrons. The SMILES string of the molecule is COCCOCCC1CC(c2ccccc2)CCC1Cl. The van der Waals surface area contributed by atoms with Crippen molar-refractivity contribution in [3.63, 3.8) is 0 Å². The summed E-state index contributed by atoms with van der Waals surface area (Å²) >= 11 is 6.50. The monoisotopic (exact) mass is 296 g/mol. The second kappa shape index (κ2) is 8.66. The van der Waals surface area contributed by atoms with Crippen molar-refractivity contribution in [2.75, 3.05) is 26.9 Å². The topological polar surface area (TPSA) is 18.5 Å². The Morgan fingerprint density at radius 3 is 2.65 bits per heavy atom. The van der Waals surface area contributed by atoms with Crippen LogP contribution in [-0.2, 0) is 9.47 Å². The van der Waals surface area contributed by atoms with Gasteiger partial charge in [-0.15, -0.1) is 11.6 Å². The highest BCUT2D eigenvalue weighted by molar-refractivity contribution is 6.20. The molecule has 3 unspecified atom stereocenters. The van der Waals surface area contributed by atoms with Crippen molar-refractivity contribution >= 4 is 11.6 Å². The standard InChI is InChI=1S/C17H25ClO2/c1-19-11-12-20-10-9-16-13-15(7-8-17(16)18)14-5-3-2-4-6-14/h2-6,15-17H,7-13H2,1H3. The van der Waals surface area contributed by atoms with Crippen LogP contribution in [0.2, 0.25) is 0 Å². The number of methoxy groups -OCH3 is 1. The Bertz CT molecular complexity index is 369. The van der Waals surface area contributed by atoms with Gasteiger partial charge in [0.05, 0.1) is 13.2 Å². The predicted molar refractivity (Wildman–Crippen MR) is 83.5 cm³/mol. The van der Waals surface area contributed by atoms with E-state index in [0.717, 1.165) is 19.4 Å².